The fraction of sp³-hybridized carbons (Fsp3) is 0.909. The highest BCUT2D eigenvalue weighted by Crippen LogP contribution is 2.41. The maximum atomic E-state index is 11.7. The van der Waals surface area contributed by atoms with Gasteiger partial charge in [0, 0.05) is 19.0 Å². The predicted molar refractivity (Wildman–Crippen MR) is 52.2 cm³/mol. The minimum atomic E-state index is 0.423. The molecule has 1 aliphatic heterocycles. The summed E-state index contributed by atoms with van der Waals surface area (Å²) in [5.74, 6) is 2.30. The van der Waals surface area contributed by atoms with E-state index in [0.29, 0.717) is 17.7 Å². The third-order valence-corrected chi connectivity index (χ3v) is 3.48. The van der Waals surface area contributed by atoms with Crippen LogP contribution < -0.4 is 0 Å². The summed E-state index contributed by atoms with van der Waals surface area (Å²) in [6.45, 7) is 6.48. The highest BCUT2D eigenvalue weighted by Gasteiger charge is 2.45. The van der Waals surface area contributed by atoms with Crippen molar-refractivity contribution >= 4 is 5.91 Å². The first-order valence-electron chi connectivity index (χ1n) is 5.47. The normalized spacial score (nSPS) is 32.2. The van der Waals surface area contributed by atoms with Crippen LogP contribution >= 0.6 is 0 Å². The fourth-order valence-corrected chi connectivity index (χ4v) is 2.34. The largest absolute Gasteiger partial charge is 0.342 e. The van der Waals surface area contributed by atoms with Crippen molar-refractivity contribution in [3.8, 4) is 0 Å². The molecule has 0 bridgehead atoms. The lowest BCUT2D eigenvalue weighted by Gasteiger charge is -2.25. The second kappa shape index (κ2) is 3.32. The second-order valence-corrected chi connectivity index (χ2v) is 4.91. The molecule has 13 heavy (non-hydrogen) atoms. The molecular formula is C11H19NO. The van der Waals surface area contributed by atoms with E-state index >= 15 is 0 Å². The molecule has 2 nitrogen and oxygen atoms in total. The van der Waals surface area contributed by atoms with Gasteiger partial charge in [0.15, 0.2) is 0 Å². The molecule has 1 aliphatic carbocycles. The Bertz CT molecular complexity index is 212. The molecule has 2 heteroatoms. The Labute approximate surface area is 80.3 Å². The van der Waals surface area contributed by atoms with Gasteiger partial charge in [-0.15, -0.1) is 0 Å². The number of nitrogens with zero attached hydrogens (tertiary/aromatic N) is 1. The molecular weight excluding hydrogens is 162 g/mol. The number of rotatable bonds is 3. The Morgan fingerprint density at radius 3 is 2.62 bits per heavy atom. The Morgan fingerprint density at radius 1 is 1.46 bits per heavy atom. The summed E-state index contributed by atoms with van der Waals surface area (Å²) < 4.78 is 0. The molecule has 74 valence electrons. The van der Waals surface area contributed by atoms with Crippen molar-refractivity contribution in [2.75, 3.05) is 13.1 Å². The van der Waals surface area contributed by atoms with Gasteiger partial charge in [0.05, 0.1) is 0 Å². The Kier molecular flexibility index (Phi) is 2.31. The quantitative estimate of drug-likeness (QED) is 0.651. The van der Waals surface area contributed by atoms with Gasteiger partial charge in [-0.3, -0.25) is 4.79 Å². The lowest BCUT2D eigenvalue weighted by Crippen LogP contribution is -2.29. The van der Waals surface area contributed by atoms with Gasteiger partial charge in [0.1, 0.15) is 0 Å². The Balaban J connectivity index is 1.84. The lowest BCUT2D eigenvalue weighted by molar-refractivity contribution is -0.132. The van der Waals surface area contributed by atoms with Crippen molar-refractivity contribution in [2.24, 2.45) is 17.8 Å². The second-order valence-electron chi connectivity index (χ2n) is 4.91. The van der Waals surface area contributed by atoms with Crippen LogP contribution in [-0.4, -0.2) is 23.9 Å². The summed E-state index contributed by atoms with van der Waals surface area (Å²) in [5, 5.41) is 0. The van der Waals surface area contributed by atoms with E-state index in [1.165, 1.54) is 6.42 Å². The van der Waals surface area contributed by atoms with Crippen LogP contribution in [0.1, 0.15) is 33.1 Å². The minimum absolute atomic E-state index is 0.423. The number of carbonyl (C=O) groups excluding carboxylic acids is 1. The van der Waals surface area contributed by atoms with Crippen molar-refractivity contribution in [3.63, 3.8) is 0 Å². The van der Waals surface area contributed by atoms with E-state index < -0.39 is 0 Å². The van der Waals surface area contributed by atoms with E-state index in [0.717, 1.165) is 31.8 Å². The number of fused-ring (bicyclic) bond motifs is 1. The van der Waals surface area contributed by atoms with Crippen molar-refractivity contribution < 1.29 is 4.79 Å². The highest BCUT2D eigenvalue weighted by molar-refractivity contribution is 5.82. The van der Waals surface area contributed by atoms with E-state index in [9.17, 15) is 4.79 Å². The molecule has 2 rings (SSSR count). The standard InChI is InChI=1S/C11H19NO/c1-8(2)5-6-12-7-9-3-4-10(9)11(12)13/h8-10H,3-7H2,1-2H3. The third kappa shape index (κ3) is 1.59. The molecule has 2 aliphatic rings. The summed E-state index contributed by atoms with van der Waals surface area (Å²) in [6.07, 6.45) is 3.60. The zero-order valence-corrected chi connectivity index (χ0v) is 8.62. The maximum absolute atomic E-state index is 11.7. The molecule has 0 spiro atoms. The van der Waals surface area contributed by atoms with Crippen LogP contribution in [-0.2, 0) is 4.79 Å². The lowest BCUT2D eigenvalue weighted by atomic mass is 9.76. The van der Waals surface area contributed by atoms with Crippen LogP contribution in [0.15, 0.2) is 0 Å². The first kappa shape index (κ1) is 9.04. The SMILES string of the molecule is CC(C)CCN1CC2CCC2C1=O. The van der Waals surface area contributed by atoms with E-state index in [1.54, 1.807) is 0 Å². The average molecular weight is 181 g/mol. The van der Waals surface area contributed by atoms with E-state index in [1.807, 2.05) is 0 Å². The van der Waals surface area contributed by atoms with Gasteiger partial charge in [0.2, 0.25) is 5.91 Å². The van der Waals surface area contributed by atoms with Crippen molar-refractivity contribution in [2.45, 2.75) is 33.1 Å². The molecule has 1 saturated carbocycles. The van der Waals surface area contributed by atoms with E-state index in [2.05, 4.69) is 18.7 Å². The third-order valence-electron chi connectivity index (χ3n) is 3.48. The van der Waals surface area contributed by atoms with Crippen LogP contribution in [0.2, 0.25) is 0 Å². The number of hydrogen-bond donors (Lipinski definition) is 0. The monoisotopic (exact) mass is 181 g/mol. The number of likely N-dealkylation sites (tertiary alicyclic amines) is 1. The molecule has 1 amide bonds. The maximum Gasteiger partial charge on any atom is 0.226 e. The number of amides is 1. The van der Waals surface area contributed by atoms with Crippen LogP contribution in [0.5, 0.6) is 0 Å². The molecule has 0 N–H and O–H groups in total. The molecule has 0 aromatic rings. The molecule has 2 unspecified atom stereocenters. The van der Waals surface area contributed by atoms with Crippen LogP contribution in [0.4, 0.5) is 0 Å². The van der Waals surface area contributed by atoms with E-state index in [-0.39, 0.29) is 0 Å². The molecule has 0 aromatic carbocycles. The Morgan fingerprint density at radius 2 is 2.23 bits per heavy atom. The molecule has 2 fully saturated rings. The van der Waals surface area contributed by atoms with Crippen molar-refractivity contribution in [3.05, 3.63) is 0 Å². The van der Waals surface area contributed by atoms with Gasteiger partial charge in [0.25, 0.3) is 0 Å². The fourth-order valence-electron chi connectivity index (χ4n) is 2.34. The van der Waals surface area contributed by atoms with Gasteiger partial charge in [-0.25, -0.2) is 0 Å². The van der Waals surface area contributed by atoms with Gasteiger partial charge >= 0.3 is 0 Å². The highest BCUT2D eigenvalue weighted by atomic mass is 16.2. The minimum Gasteiger partial charge on any atom is -0.342 e. The van der Waals surface area contributed by atoms with Gasteiger partial charge in [-0.1, -0.05) is 13.8 Å². The first-order chi connectivity index (χ1) is 6.18. The average Bonchev–Trinajstić information content (AvgIpc) is 2.20. The molecule has 0 radical (unpaired) electrons. The van der Waals surface area contributed by atoms with Gasteiger partial charge in [-0.05, 0) is 31.1 Å². The Hall–Kier alpha value is -0.530. The molecule has 0 aromatic heterocycles. The summed E-state index contributed by atoms with van der Waals surface area (Å²) in [5.41, 5.74) is 0. The molecule has 1 saturated heterocycles. The zero-order valence-electron chi connectivity index (χ0n) is 8.62. The van der Waals surface area contributed by atoms with Crippen molar-refractivity contribution in [1.82, 2.24) is 4.90 Å². The topological polar surface area (TPSA) is 20.3 Å². The van der Waals surface area contributed by atoms with E-state index in [4.69, 9.17) is 0 Å². The zero-order chi connectivity index (χ0) is 9.42. The van der Waals surface area contributed by atoms with Gasteiger partial charge < -0.3 is 4.90 Å². The number of hydrogen-bond acceptors (Lipinski definition) is 1. The summed E-state index contributed by atoms with van der Waals surface area (Å²) in [6, 6.07) is 0. The number of carbonyl (C=O) groups is 1. The summed E-state index contributed by atoms with van der Waals surface area (Å²) in [4.78, 5) is 13.8. The smallest absolute Gasteiger partial charge is 0.226 e. The first-order valence-corrected chi connectivity index (χ1v) is 5.47. The molecule has 2 atom stereocenters. The van der Waals surface area contributed by atoms with Crippen molar-refractivity contribution in [1.29, 1.82) is 0 Å². The predicted octanol–water partition coefficient (Wildman–Crippen LogP) is 1.90. The van der Waals surface area contributed by atoms with Crippen LogP contribution in [0, 0.1) is 17.8 Å². The molecule has 1 heterocycles. The van der Waals surface area contributed by atoms with Crippen LogP contribution in [0.25, 0.3) is 0 Å². The van der Waals surface area contributed by atoms with Gasteiger partial charge in [-0.2, -0.15) is 0 Å². The summed E-state index contributed by atoms with van der Waals surface area (Å²) >= 11 is 0. The summed E-state index contributed by atoms with van der Waals surface area (Å²) in [7, 11) is 0. The van der Waals surface area contributed by atoms with Crippen LogP contribution in [0.3, 0.4) is 0 Å².